The zero-order chi connectivity index (χ0) is 15.9. The molecule has 0 aromatic heterocycles. The highest BCUT2D eigenvalue weighted by Crippen LogP contribution is 2.16. The molecular formula is C16H16BrN3O2. The van der Waals surface area contributed by atoms with Gasteiger partial charge in [-0.2, -0.15) is 0 Å². The van der Waals surface area contributed by atoms with Crippen LogP contribution in [0.1, 0.15) is 6.92 Å². The molecule has 0 atom stereocenters. The van der Waals surface area contributed by atoms with E-state index >= 15 is 0 Å². The Morgan fingerprint density at radius 3 is 2.27 bits per heavy atom. The topological polar surface area (TPSA) is 70.2 Å². The summed E-state index contributed by atoms with van der Waals surface area (Å²) in [6.45, 7) is 1.62. The van der Waals surface area contributed by atoms with Crippen LogP contribution < -0.4 is 16.0 Å². The molecule has 2 aromatic rings. The zero-order valence-electron chi connectivity index (χ0n) is 12.0. The molecular weight excluding hydrogens is 346 g/mol. The van der Waals surface area contributed by atoms with E-state index in [-0.39, 0.29) is 18.4 Å². The summed E-state index contributed by atoms with van der Waals surface area (Å²) < 4.78 is 0.909. The fourth-order valence-electron chi connectivity index (χ4n) is 1.83. The molecule has 0 aliphatic carbocycles. The van der Waals surface area contributed by atoms with Crippen LogP contribution in [0.3, 0.4) is 0 Å². The normalized spacial score (nSPS) is 9.91. The molecule has 0 saturated heterocycles. The van der Waals surface area contributed by atoms with E-state index in [0.29, 0.717) is 0 Å². The van der Waals surface area contributed by atoms with Gasteiger partial charge in [0, 0.05) is 28.5 Å². The van der Waals surface area contributed by atoms with Crippen LogP contribution in [0.25, 0.3) is 0 Å². The first kappa shape index (κ1) is 16.0. The van der Waals surface area contributed by atoms with Crippen molar-refractivity contribution >= 4 is 44.8 Å². The van der Waals surface area contributed by atoms with Crippen LogP contribution in [0.5, 0.6) is 0 Å². The van der Waals surface area contributed by atoms with E-state index in [9.17, 15) is 9.59 Å². The second-order valence-corrected chi connectivity index (χ2v) is 5.59. The summed E-state index contributed by atoms with van der Waals surface area (Å²) in [5.74, 6) is -0.252. The molecule has 2 amide bonds. The molecule has 114 valence electrons. The lowest BCUT2D eigenvalue weighted by Crippen LogP contribution is -2.21. The van der Waals surface area contributed by atoms with Crippen LogP contribution in [0.4, 0.5) is 17.1 Å². The van der Waals surface area contributed by atoms with E-state index in [1.54, 1.807) is 24.3 Å². The predicted octanol–water partition coefficient (Wildman–Crippen LogP) is 3.46. The molecule has 0 saturated carbocycles. The van der Waals surface area contributed by atoms with E-state index in [2.05, 4.69) is 31.9 Å². The van der Waals surface area contributed by atoms with Gasteiger partial charge in [-0.3, -0.25) is 9.59 Å². The van der Waals surface area contributed by atoms with Gasteiger partial charge in [0.2, 0.25) is 11.8 Å². The highest BCUT2D eigenvalue weighted by atomic mass is 79.9. The summed E-state index contributed by atoms with van der Waals surface area (Å²) in [6.07, 6.45) is 0. The monoisotopic (exact) mass is 361 g/mol. The van der Waals surface area contributed by atoms with Gasteiger partial charge in [-0.25, -0.2) is 0 Å². The molecule has 0 fully saturated rings. The third-order valence-electron chi connectivity index (χ3n) is 2.77. The summed E-state index contributed by atoms with van der Waals surface area (Å²) in [7, 11) is 0. The number of hydrogen-bond donors (Lipinski definition) is 3. The number of anilines is 3. The maximum atomic E-state index is 11.9. The predicted molar refractivity (Wildman–Crippen MR) is 92.0 cm³/mol. The molecule has 0 aliphatic heterocycles. The van der Waals surface area contributed by atoms with Crippen molar-refractivity contribution < 1.29 is 9.59 Å². The largest absolute Gasteiger partial charge is 0.376 e. The minimum Gasteiger partial charge on any atom is -0.376 e. The minimum atomic E-state index is -0.135. The number of amides is 2. The molecule has 6 heteroatoms. The van der Waals surface area contributed by atoms with E-state index < -0.39 is 0 Å². The quantitative estimate of drug-likeness (QED) is 0.763. The average Bonchev–Trinajstić information content (AvgIpc) is 2.46. The molecule has 5 nitrogen and oxygen atoms in total. The Hall–Kier alpha value is -2.34. The summed E-state index contributed by atoms with van der Waals surface area (Å²) in [5.41, 5.74) is 2.26. The van der Waals surface area contributed by atoms with Crippen molar-refractivity contribution in [1.82, 2.24) is 0 Å². The van der Waals surface area contributed by atoms with Gasteiger partial charge in [0.1, 0.15) is 0 Å². The van der Waals surface area contributed by atoms with Crippen molar-refractivity contribution in [3.8, 4) is 0 Å². The first-order valence-electron chi connectivity index (χ1n) is 6.70. The maximum absolute atomic E-state index is 11.9. The van der Waals surface area contributed by atoms with E-state index in [1.165, 1.54) is 6.92 Å². The fourth-order valence-corrected chi connectivity index (χ4v) is 2.23. The van der Waals surface area contributed by atoms with Gasteiger partial charge in [-0.15, -0.1) is 0 Å². The number of hydrogen-bond acceptors (Lipinski definition) is 3. The molecule has 2 aromatic carbocycles. The Morgan fingerprint density at radius 1 is 0.955 bits per heavy atom. The van der Waals surface area contributed by atoms with Crippen molar-refractivity contribution in [2.24, 2.45) is 0 Å². The van der Waals surface area contributed by atoms with Crippen LogP contribution in [0.15, 0.2) is 53.0 Å². The van der Waals surface area contributed by atoms with E-state index in [4.69, 9.17) is 0 Å². The van der Waals surface area contributed by atoms with Crippen molar-refractivity contribution in [2.75, 3.05) is 22.5 Å². The van der Waals surface area contributed by atoms with Crippen molar-refractivity contribution in [3.63, 3.8) is 0 Å². The molecule has 3 N–H and O–H groups in total. The summed E-state index contributed by atoms with van der Waals surface area (Å²) in [5, 5.41) is 8.51. The highest BCUT2D eigenvalue weighted by molar-refractivity contribution is 9.10. The fraction of sp³-hybridized carbons (Fsp3) is 0.125. The van der Waals surface area contributed by atoms with E-state index in [0.717, 1.165) is 21.5 Å². The van der Waals surface area contributed by atoms with Crippen LogP contribution in [-0.4, -0.2) is 18.4 Å². The third-order valence-corrected chi connectivity index (χ3v) is 3.26. The molecule has 0 aliphatic rings. The average molecular weight is 362 g/mol. The molecule has 0 heterocycles. The van der Waals surface area contributed by atoms with E-state index in [1.807, 2.05) is 24.3 Å². The SMILES string of the molecule is CC(=O)Nc1ccc(NCC(=O)Nc2cccc(Br)c2)cc1. The molecule has 22 heavy (non-hydrogen) atoms. The molecule has 2 rings (SSSR count). The summed E-state index contributed by atoms with van der Waals surface area (Å²) in [4.78, 5) is 22.8. The van der Waals surface area contributed by atoms with Crippen LogP contribution >= 0.6 is 15.9 Å². The summed E-state index contributed by atoms with van der Waals surface area (Å²) in [6, 6.07) is 14.6. The van der Waals surface area contributed by atoms with Gasteiger partial charge >= 0.3 is 0 Å². The second-order valence-electron chi connectivity index (χ2n) is 4.67. The van der Waals surface area contributed by atoms with Gasteiger partial charge in [-0.05, 0) is 42.5 Å². The second kappa shape index (κ2) is 7.61. The Bertz CT molecular complexity index is 671. The minimum absolute atomic E-state index is 0.117. The zero-order valence-corrected chi connectivity index (χ0v) is 13.6. The Labute approximate surface area is 137 Å². The van der Waals surface area contributed by atoms with Gasteiger partial charge in [-0.1, -0.05) is 22.0 Å². The maximum Gasteiger partial charge on any atom is 0.243 e. The van der Waals surface area contributed by atoms with Gasteiger partial charge in [0.25, 0.3) is 0 Å². The van der Waals surface area contributed by atoms with Crippen molar-refractivity contribution in [2.45, 2.75) is 6.92 Å². The first-order valence-corrected chi connectivity index (χ1v) is 7.49. The number of carbonyl (C=O) groups is 2. The van der Waals surface area contributed by atoms with Crippen molar-refractivity contribution in [3.05, 3.63) is 53.0 Å². The number of nitrogens with one attached hydrogen (secondary N) is 3. The summed E-state index contributed by atoms with van der Waals surface area (Å²) >= 11 is 3.35. The number of benzene rings is 2. The Balaban J connectivity index is 1.84. The molecule has 0 bridgehead atoms. The Kier molecular flexibility index (Phi) is 5.55. The molecule has 0 radical (unpaired) electrons. The number of carbonyl (C=O) groups excluding carboxylic acids is 2. The first-order chi connectivity index (χ1) is 10.5. The number of halogens is 1. The Morgan fingerprint density at radius 2 is 1.64 bits per heavy atom. The lowest BCUT2D eigenvalue weighted by Gasteiger charge is -2.09. The van der Waals surface area contributed by atoms with Gasteiger partial charge in [0.05, 0.1) is 6.54 Å². The van der Waals surface area contributed by atoms with Crippen LogP contribution in [0, 0.1) is 0 Å². The molecule has 0 spiro atoms. The van der Waals surface area contributed by atoms with Crippen LogP contribution in [-0.2, 0) is 9.59 Å². The lowest BCUT2D eigenvalue weighted by molar-refractivity contribution is -0.115. The van der Waals surface area contributed by atoms with Crippen LogP contribution in [0.2, 0.25) is 0 Å². The molecule has 0 unspecified atom stereocenters. The van der Waals surface area contributed by atoms with Gasteiger partial charge < -0.3 is 16.0 Å². The highest BCUT2D eigenvalue weighted by Gasteiger charge is 2.03. The van der Waals surface area contributed by atoms with Crippen molar-refractivity contribution in [1.29, 1.82) is 0 Å². The lowest BCUT2D eigenvalue weighted by atomic mass is 10.2. The van der Waals surface area contributed by atoms with Gasteiger partial charge in [0.15, 0.2) is 0 Å². The smallest absolute Gasteiger partial charge is 0.243 e. The third kappa shape index (κ3) is 5.21. The standard InChI is InChI=1S/C16H16BrN3O2/c1-11(21)19-14-7-5-13(6-8-14)18-10-16(22)20-15-4-2-3-12(17)9-15/h2-9,18H,10H2,1H3,(H,19,21)(H,20,22). The number of rotatable bonds is 5.